The van der Waals surface area contributed by atoms with Gasteiger partial charge in [-0.2, -0.15) is 10.4 Å². The molecular formula is C20H22N4O. The van der Waals surface area contributed by atoms with Crippen molar-refractivity contribution in [2.45, 2.75) is 39.0 Å². The molecule has 2 aliphatic rings. The minimum Gasteiger partial charge on any atom is -0.508 e. The molecule has 25 heavy (non-hydrogen) atoms. The normalized spacial score (nSPS) is 20.4. The van der Waals surface area contributed by atoms with Gasteiger partial charge in [0.05, 0.1) is 17.3 Å². The number of hydrazone groups is 1. The van der Waals surface area contributed by atoms with Crippen LogP contribution in [-0.2, 0) is 0 Å². The minimum atomic E-state index is 0.232. The van der Waals surface area contributed by atoms with Gasteiger partial charge in [-0.1, -0.05) is 31.4 Å². The third-order valence-corrected chi connectivity index (χ3v) is 4.84. The minimum absolute atomic E-state index is 0.232. The van der Waals surface area contributed by atoms with Crippen LogP contribution in [-0.4, -0.2) is 23.0 Å². The molecule has 3 rings (SSSR count). The van der Waals surface area contributed by atoms with Gasteiger partial charge in [-0.05, 0) is 37.5 Å². The van der Waals surface area contributed by atoms with Crippen molar-refractivity contribution in [3.8, 4) is 11.8 Å². The highest BCUT2D eigenvalue weighted by atomic mass is 16.3. The molecule has 5 nitrogen and oxygen atoms in total. The molecule has 0 bridgehead atoms. The fraction of sp³-hybridized carbons (Fsp3) is 0.350. The second-order valence-electron chi connectivity index (χ2n) is 6.45. The highest BCUT2D eigenvalue weighted by Crippen LogP contribution is 2.40. The summed E-state index contributed by atoms with van der Waals surface area (Å²) in [5.41, 5.74) is 3.53. The molecule has 1 saturated carbocycles. The van der Waals surface area contributed by atoms with Crippen LogP contribution in [0.4, 0.5) is 0 Å². The number of hydrogen-bond acceptors (Lipinski definition) is 5. The molecule has 1 aliphatic heterocycles. The van der Waals surface area contributed by atoms with Gasteiger partial charge in [0, 0.05) is 24.4 Å². The number of nitriles is 1. The second-order valence-corrected chi connectivity index (χ2v) is 6.45. The molecule has 1 aromatic carbocycles. The van der Waals surface area contributed by atoms with E-state index in [0.29, 0.717) is 17.3 Å². The summed E-state index contributed by atoms with van der Waals surface area (Å²) in [4.78, 5) is 4.48. The molecule has 1 heterocycles. The Kier molecular flexibility index (Phi) is 4.99. The van der Waals surface area contributed by atoms with Crippen LogP contribution in [0, 0.1) is 17.2 Å². The lowest BCUT2D eigenvalue weighted by Gasteiger charge is -2.34. The Morgan fingerprint density at radius 1 is 1.28 bits per heavy atom. The van der Waals surface area contributed by atoms with E-state index >= 15 is 0 Å². The molecule has 0 amide bonds. The first kappa shape index (κ1) is 17.0. The summed E-state index contributed by atoms with van der Waals surface area (Å²) in [6, 6.07) is 9.27. The molecule has 0 radical (unpaired) electrons. The van der Waals surface area contributed by atoms with Crippen molar-refractivity contribution in [3.05, 3.63) is 46.9 Å². The maximum absolute atomic E-state index is 9.58. The molecule has 0 saturated heterocycles. The molecule has 1 fully saturated rings. The van der Waals surface area contributed by atoms with Gasteiger partial charge in [-0.3, -0.25) is 0 Å². The first-order valence-corrected chi connectivity index (χ1v) is 8.61. The number of aromatic hydroxyl groups is 1. The number of phenols is 1. The van der Waals surface area contributed by atoms with Crippen molar-refractivity contribution in [1.29, 1.82) is 5.26 Å². The van der Waals surface area contributed by atoms with Crippen LogP contribution < -0.4 is 0 Å². The highest BCUT2D eigenvalue weighted by Gasteiger charge is 2.30. The van der Waals surface area contributed by atoms with Gasteiger partial charge in [0.15, 0.2) is 5.82 Å². The number of rotatable bonds is 3. The fourth-order valence-corrected chi connectivity index (χ4v) is 3.56. The average Bonchev–Trinajstić information content (AvgIpc) is 2.67. The Hall–Kier alpha value is -2.87. The Balaban J connectivity index is 2.16. The van der Waals surface area contributed by atoms with E-state index in [-0.39, 0.29) is 5.75 Å². The van der Waals surface area contributed by atoms with E-state index in [0.717, 1.165) is 29.7 Å². The van der Waals surface area contributed by atoms with E-state index in [1.165, 1.54) is 19.3 Å². The number of allylic oxidation sites excluding steroid dienone is 3. The molecule has 1 aliphatic carbocycles. The van der Waals surface area contributed by atoms with Gasteiger partial charge in [0.25, 0.3) is 0 Å². The fourth-order valence-electron chi connectivity index (χ4n) is 3.56. The maximum atomic E-state index is 9.58. The maximum Gasteiger partial charge on any atom is 0.167 e. The SMILES string of the molecule is C=NN1C(C2CCCCC2)=C(c2ccc(O)cc2)C=N/C1=C(/C)C#N. The van der Waals surface area contributed by atoms with Gasteiger partial charge in [0.1, 0.15) is 5.75 Å². The molecule has 128 valence electrons. The summed E-state index contributed by atoms with van der Waals surface area (Å²) < 4.78 is 0. The van der Waals surface area contributed by atoms with Crippen LogP contribution in [0.1, 0.15) is 44.6 Å². The Labute approximate surface area is 148 Å². The zero-order chi connectivity index (χ0) is 17.8. The van der Waals surface area contributed by atoms with Crippen molar-refractivity contribution in [1.82, 2.24) is 5.01 Å². The first-order valence-electron chi connectivity index (χ1n) is 8.61. The monoisotopic (exact) mass is 334 g/mol. The summed E-state index contributed by atoms with van der Waals surface area (Å²) >= 11 is 0. The van der Waals surface area contributed by atoms with Crippen LogP contribution in [0.25, 0.3) is 5.57 Å². The van der Waals surface area contributed by atoms with Crippen molar-refractivity contribution >= 4 is 18.5 Å². The predicted molar refractivity (Wildman–Crippen MR) is 99.8 cm³/mol. The van der Waals surface area contributed by atoms with Crippen LogP contribution >= 0.6 is 0 Å². The average molecular weight is 334 g/mol. The van der Waals surface area contributed by atoms with Gasteiger partial charge >= 0.3 is 0 Å². The number of benzene rings is 1. The number of aliphatic imine (C=N–C) groups is 1. The van der Waals surface area contributed by atoms with Crippen molar-refractivity contribution in [3.63, 3.8) is 0 Å². The zero-order valence-electron chi connectivity index (χ0n) is 14.4. The summed E-state index contributed by atoms with van der Waals surface area (Å²) in [5, 5.41) is 24.8. The third kappa shape index (κ3) is 3.34. The summed E-state index contributed by atoms with van der Waals surface area (Å²) in [6.45, 7) is 5.47. The van der Waals surface area contributed by atoms with Gasteiger partial charge in [0.2, 0.25) is 0 Å². The van der Waals surface area contributed by atoms with Crippen LogP contribution in [0.15, 0.2) is 51.5 Å². The first-order chi connectivity index (χ1) is 12.2. The molecule has 0 aromatic heterocycles. The zero-order valence-corrected chi connectivity index (χ0v) is 14.4. The molecule has 0 spiro atoms. The smallest absolute Gasteiger partial charge is 0.167 e. The Morgan fingerprint density at radius 3 is 2.56 bits per heavy atom. The summed E-state index contributed by atoms with van der Waals surface area (Å²) in [6.07, 6.45) is 7.64. The highest BCUT2D eigenvalue weighted by molar-refractivity contribution is 6.12. The van der Waals surface area contributed by atoms with E-state index in [1.807, 2.05) is 18.3 Å². The van der Waals surface area contributed by atoms with Crippen LogP contribution in [0.3, 0.4) is 0 Å². The van der Waals surface area contributed by atoms with E-state index in [2.05, 4.69) is 22.9 Å². The Morgan fingerprint density at radius 2 is 1.96 bits per heavy atom. The standard InChI is InChI=1S/C20H22N4O/c1-14(12-21)20-23-13-18(15-8-10-17(25)11-9-15)19(24(20)22-2)16-6-4-3-5-7-16/h8-11,13,16,25H,2-7H2,1H3/b20-14+. The van der Waals surface area contributed by atoms with Gasteiger partial charge in [-0.15, -0.1) is 0 Å². The lowest BCUT2D eigenvalue weighted by Crippen LogP contribution is -2.28. The molecule has 0 atom stereocenters. The van der Waals surface area contributed by atoms with Gasteiger partial charge in [-0.25, -0.2) is 10.0 Å². The third-order valence-electron chi connectivity index (χ3n) is 4.84. The molecular weight excluding hydrogens is 312 g/mol. The van der Waals surface area contributed by atoms with E-state index in [9.17, 15) is 10.4 Å². The number of phenolic OH excluding ortho intramolecular Hbond substituents is 1. The largest absolute Gasteiger partial charge is 0.508 e. The second kappa shape index (κ2) is 7.35. The molecule has 1 aromatic rings. The number of nitrogens with zero attached hydrogens (tertiary/aromatic N) is 4. The lowest BCUT2D eigenvalue weighted by atomic mass is 9.83. The van der Waals surface area contributed by atoms with Crippen molar-refractivity contribution in [2.24, 2.45) is 16.0 Å². The van der Waals surface area contributed by atoms with E-state index in [1.54, 1.807) is 24.1 Å². The predicted octanol–water partition coefficient (Wildman–Crippen LogP) is 4.44. The van der Waals surface area contributed by atoms with Crippen LogP contribution in [0.5, 0.6) is 5.75 Å². The molecule has 0 unspecified atom stereocenters. The molecule has 1 N–H and O–H groups in total. The van der Waals surface area contributed by atoms with E-state index < -0.39 is 0 Å². The topological polar surface area (TPSA) is 72.0 Å². The van der Waals surface area contributed by atoms with Crippen molar-refractivity contribution in [2.75, 3.05) is 0 Å². The van der Waals surface area contributed by atoms with Crippen LogP contribution in [0.2, 0.25) is 0 Å². The lowest BCUT2D eigenvalue weighted by molar-refractivity contribution is 0.315. The molecule has 5 heteroatoms. The van der Waals surface area contributed by atoms with Crippen molar-refractivity contribution < 1.29 is 5.11 Å². The summed E-state index contributed by atoms with van der Waals surface area (Å²) in [5.74, 6) is 1.13. The quantitative estimate of drug-likeness (QED) is 0.656. The summed E-state index contributed by atoms with van der Waals surface area (Å²) in [7, 11) is 0. The van der Waals surface area contributed by atoms with Gasteiger partial charge < -0.3 is 5.11 Å². The van der Waals surface area contributed by atoms with E-state index in [4.69, 9.17) is 0 Å². The Bertz CT molecular complexity index is 790. The number of hydrogen-bond donors (Lipinski definition) is 1.